The number of ether oxygens (including phenoxy) is 2. The SMILES string of the molecule is CCN1C(=S)c2ccc(OC)c(OC)c2C1=S. The van der Waals surface area contributed by atoms with Gasteiger partial charge in [0.25, 0.3) is 0 Å². The van der Waals surface area contributed by atoms with Crippen LogP contribution in [-0.2, 0) is 0 Å². The number of thiocarbonyl (C=S) groups is 2. The van der Waals surface area contributed by atoms with E-state index in [4.69, 9.17) is 33.9 Å². The smallest absolute Gasteiger partial charge is 0.171 e. The van der Waals surface area contributed by atoms with Crippen molar-refractivity contribution in [2.24, 2.45) is 0 Å². The van der Waals surface area contributed by atoms with Crippen molar-refractivity contribution in [3.05, 3.63) is 23.3 Å². The van der Waals surface area contributed by atoms with Gasteiger partial charge < -0.3 is 14.4 Å². The lowest BCUT2D eigenvalue weighted by Gasteiger charge is -2.15. The number of hydrogen-bond acceptors (Lipinski definition) is 4. The summed E-state index contributed by atoms with van der Waals surface area (Å²) < 4.78 is 10.7. The molecule has 0 fully saturated rings. The summed E-state index contributed by atoms with van der Waals surface area (Å²) in [6.07, 6.45) is 0. The lowest BCUT2D eigenvalue weighted by molar-refractivity contribution is 0.354. The predicted molar refractivity (Wildman–Crippen MR) is 75.3 cm³/mol. The molecule has 1 aromatic carbocycles. The van der Waals surface area contributed by atoms with E-state index in [1.165, 1.54) is 0 Å². The van der Waals surface area contributed by atoms with Crippen LogP contribution < -0.4 is 9.47 Å². The molecule has 5 heteroatoms. The normalized spacial score (nSPS) is 13.9. The fourth-order valence-electron chi connectivity index (χ4n) is 1.98. The standard InChI is InChI=1S/C12H13NO2S2/c1-4-13-11(16)7-5-6-8(14-2)10(15-3)9(7)12(13)17/h5-6H,4H2,1-3H3. The second-order valence-electron chi connectivity index (χ2n) is 3.58. The minimum Gasteiger partial charge on any atom is -0.493 e. The number of hydrogen-bond donors (Lipinski definition) is 0. The summed E-state index contributed by atoms with van der Waals surface area (Å²) in [4.78, 5) is 3.40. The molecule has 0 unspecified atom stereocenters. The van der Waals surface area contributed by atoms with Crippen molar-refractivity contribution >= 4 is 34.4 Å². The monoisotopic (exact) mass is 267 g/mol. The third-order valence-corrected chi connectivity index (χ3v) is 3.66. The fraction of sp³-hybridized carbons (Fsp3) is 0.333. The van der Waals surface area contributed by atoms with Gasteiger partial charge in [-0.2, -0.15) is 0 Å². The first-order chi connectivity index (χ1) is 8.15. The molecule has 0 aliphatic carbocycles. The van der Waals surface area contributed by atoms with Gasteiger partial charge >= 0.3 is 0 Å². The van der Waals surface area contributed by atoms with Crippen LogP contribution in [0.25, 0.3) is 0 Å². The molecule has 0 atom stereocenters. The van der Waals surface area contributed by atoms with E-state index in [0.29, 0.717) is 16.5 Å². The number of nitrogens with zero attached hydrogens (tertiary/aromatic N) is 1. The second-order valence-corrected chi connectivity index (χ2v) is 4.35. The minimum absolute atomic E-state index is 0.660. The average Bonchev–Trinajstić information content (AvgIpc) is 2.60. The molecule has 1 heterocycles. The molecule has 2 rings (SSSR count). The first kappa shape index (κ1) is 12.3. The van der Waals surface area contributed by atoms with Gasteiger partial charge in [0.05, 0.1) is 19.8 Å². The highest BCUT2D eigenvalue weighted by atomic mass is 32.1. The Balaban J connectivity index is 2.66. The number of rotatable bonds is 3. The first-order valence-corrected chi connectivity index (χ1v) is 6.08. The van der Waals surface area contributed by atoms with Crippen molar-refractivity contribution < 1.29 is 9.47 Å². The van der Waals surface area contributed by atoms with Crippen LogP contribution >= 0.6 is 24.4 Å². The zero-order valence-corrected chi connectivity index (χ0v) is 11.6. The maximum absolute atomic E-state index is 5.44. The maximum Gasteiger partial charge on any atom is 0.171 e. The molecule has 0 bridgehead atoms. The van der Waals surface area contributed by atoms with Crippen LogP contribution in [0.5, 0.6) is 11.5 Å². The number of fused-ring (bicyclic) bond motifs is 1. The van der Waals surface area contributed by atoms with E-state index in [0.717, 1.165) is 22.7 Å². The summed E-state index contributed by atoms with van der Waals surface area (Å²) in [5.74, 6) is 1.34. The van der Waals surface area contributed by atoms with E-state index in [2.05, 4.69) is 0 Å². The molecule has 17 heavy (non-hydrogen) atoms. The van der Waals surface area contributed by atoms with Gasteiger partial charge in [-0.05, 0) is 19.1 Å². The van der Waals surface area contributed by atoms with Crippen molar-refractivity contribution in [2.45, 2.75) is 6.92 Å². The Morgan fingerprint density at radius 3 is 2.35 bits per heavy atom. The highest BCUT2D eigenvalue weighted by molar-refractivity contribution is 7.82. The van der Waals surface area contributed by atoms with Crippen LogP contribution in [0.3, 0.4) is 0 Å². The average molecular weight is 267 g/mol. The van der Waals surface area contributed by atoms with Crippen LogP contribution in [0.15, 0.2) is 12.1 Å². The van der Waals surface area contributed by atoms with Crippen molar-refractivity contribution in [1.82, 2.24) is 4.90 Å². The topological polar surface area (TPSA) is 21.7 Å². The molecule has 1 aliphatic rings. The highest BCUT2D eigenvalue weighted by Crippen LogP contribution is 2.38. The van der Waals surface area contributed by atoms with Crippen LogP contribution in [0.2, 0.25) is 0 Å². The lowest BCUT2D eigenvalue weighted by atomic mass is 10.1. The Morgan fingerprint density at radius 1 is 1.12 bits per heavy atom. The predicted octanol–water partition coefficient (Wildman–Crippen LogP) is 2.39. The molecule has 0 aromatic heterocycles. The van der Waals surface area contributed by atoms with Crippen molar-refractivity contribution in [2.75, 3.05) is 20.8 Å². The van der Waals surface area contributed by atoms with Gasteiger partial charge in [0.2, 0.25) is 0 Å². The Morgan fingerprint density at radius 2 is 1.82 bits per heavy atom. The van der Waals surface area contributed by atoms with Gasteiger partial charge in [0.1, 0.15) is 9.98 Å². The Bertz CT molecular complexity index is 500. The van der Waals surface area contributed by atoms with Gasteiger partial charge in [-0.25, -0.2) is 0 Å². The van der Waals surface area contributed by atoms with Crippen LogP contribution in [0.1, 0.15) is 18.1 Å². The van der Waals surface area contributed by atoms with E-state index in [1.54, 1.807) is 14.2 Å². The molecule has 0 saturated carbocycles. The van der Waals surface area contributed by atoms with Gasteiger partial charge in [-0.1, -0.05) is 24.4 Å². The summed E-state index contributed by atoms with van der Waals surface area (Å²) in [6.45, 7) is 2.78. The fourth-order valence-corrected chi connectivity index (χ4v) is 2.85. The molecule has 3 nitrogen and oxygen atoms in total. The molecule has 0 radical (unpaired) electrons. The van der Waals surface area contributed by atoms with Gasteiger partial charge in [-0.3, -0.25) is 0 Å². The zero-order chi connectivity index (χ0) is 12.6. The van der Waals surface area contributed by atoms with Crippen LogP contribution in [-0.4, -0.2) is 35.6 Å². The largest absolute Gasteiger partial charge is 0.493 e. The maximum atomic E-state index is 5.44. The zero-order valence-electron chi connectivity index (χ0n) is 9.94. The van der Waals surface area contributed by atoms with E-state index in [-0.39, 0.29) is 0 Å². The molecular weight excluding hydrogens is 254 g/mol. The second kappa shape index (κ2) is 4.58. The van der Waals surface area contributed by atoms with Crippen molar-refractivity contribution in [1.29, 1.82) is 0 Å². The van der Waals surface area contributed by atoms with Crippen molar-refractivity contribution in [3.63, 3.8) is 0 Å². The third-order valence-electron chi connectivity index (χ3n) is 2.80. The first-order valence-electron chi connectivity index (χ1n) is 5.26. The molecule has 0 amide bonds. The summed E-state index contributed by atoms with van der Waals surface area (Å²) in [7, 11) is 3.22. The van der Waals surface area contributed by atoms with Gasteiger partial charge in [-0.15, -0.1) is 0 Å². The van der Waals surface area contributed by atoms with Crippen molar-refractivity contribution in [3.8, 4) is 11.5 Å². The summed E-state index contributed by atoms with van der Waals surface area (Å²) >= 11 is 10.8. The van der Waals surface area contributed by atoms with Gasteiger partial charge in [0.15, 0.2) is 11.5 Å². The quantitative estimate of drug-likeness (QED) is 0.782. The van der Waals surface area contributed by atoms with Gasteiger partial charge in [0, 0.05) is 12.1 Å². The summed E-state index contributed by atoms with van der Waals surface area (Å²) in [6, 6.07) is 3.78. The Hall–Kier alpha value is -1.20. The highest BCUT2D eigenvalue weighted by Gasteiger charge is 2.32. The number of methoxy groups -OCH3 is 2. The summed E-state index contributed by atoms with van der Waals surface area (Å²) in [5, 5.41) is 0. The Labute approximate surface area is 111 Å². The summed E-state index contributed by atoms with van der Waals surface area (Å²) in [5.41, 5.74) is 1.82. The van der Waals surface area contributed by atoms with E-state index in [1.807, 2.05) is 24.0 Å². The molecule has 0 saturated heterocycles. The number of benzene rings is 1. The molecular formula is C12H13NO2S2. The van der Waals surface area contributed by atoms with Crippen LogP contribution in [0.4, 0.5) is 0 Å². The lowest BCUT2D eigenvalue weighted by Crippen LogP contribution is -2.27. The third kappa shape index (κ3) is 1.70. The molecule has 1 aromatic rings. The van der Waals surface area contributed by atoms with E-state index >= 15 is 0 Å². The molecule has 90 valence electrons. The Kier molecular flexibility index (Phi) is 3.31. The molecule has 0 N–H and O–H groups in total. The van der Waals surface area contributed by atoms with Crippen LogP contribution in [0, 0.1) is 0 Å². The molecule has 0 spiro atoms. The molecule has 1 aliphatic heterocycles. The van der Waals surface area contributed by atoms with E-state index < -0.39 is 0 Å². The minimum atomic E-state index is 0.660. The van der Waals surface area contributed by atoms with E-state index in [9.17, 15) is 0 Å².